The molecule has 0 saturated heterocycles. The second kappa shape index (κ2) is 9.04. The molecule has 2 heterocycles. The van der Waals surface area contributed by atoms with Crippen molar-refractivity contribution in [2.45, 2.75) is 13.5 Å². The average Bonchev–Trinajstić information content (AvgIpc) is 3.18. The lowest BCUT2D eigenvalue weighted by Gasteiger charge is -2.09. The smallest absolute Gasteiger partial charge is 0.340 e. The minimum absolute atomic E-state index is 0.315. The zero-order valence-electron chi connectivity index (χ0n) is 15.0. The van der Waals surface area contributed by atoms with E-state index >= 15 is 0 Å². The number of ether oxygens (including phenoxy) is 1. The van der Waals surface area contributed by atoms with Gasteiger partial charge in [0.05, 0.1) is 23.7 Å². The van der Waals surface area contributed by atoms with Gasteiger partial charge in [-0.05, 0) is 52.8 Å². The number of hydrogen-bond acceptors (Lipinski definition) is 5. The summed E-state index contributed by atoms with van der Waals surface area (Å²) in [6.45, 7) is 2.43. The zero-order valence-corrected chi connectivity index (χ0v) is 18.9. The number of thiocarbonyl (C=S) groups is 1. The molecule has 3 aromatic rings. The summed E-state index contributed by atoms with van der Waals surface area (Å²) in [5, 5.41) is 12.2. The standard InChI is InChI=1S/C18H16BrClN4O2S2/c1-10-7-12(17(25)26-2)16(28-10)22-18(27)21-15-13(19)9-24(23-15)8-11-5-3-4-6-14(11)20/h3-7,9H,8H2,1-2H3,(H2,21,22,23,27). The summed E-state index contributed by atoms with van der Waals surface area (Å²) in [7, 11) is 1.35. The average molecular weight is 500 g/mol. The highest BCUT2D eigenvalue weighted by Gasteiger charge is 2.17. The van der Waals surface area contributed by atoms with Crippen molar-refractivity contribution < 1.29 is 9.53 Å². The van der Waals surface area contributed by atoms with Crippen LogP contribution >= 0.6 is 51.1 Å². The van der Waals surface area contributed by atoms with Gasteiger partial charge in [-0.2, -0.15) is 5.10 Å². The number of halogens is 2. The Morgan fingerprint density at radius 1 is 1.39 bits per heavy atom. The molecule has 146 valence electrons. The molecule has 0 fully saturated rings. The highest BCUT2D eigenvalue weighted by atomic mass is 79.9. The number of aryl methyl sites for hydroxylation is 1. The van der Waals surface area contributed by atoms with Gasteiger partial charge in [0, 0.05) is 16.1 Å². The number of aromatic nitrogens is 2. The fourth-order valence-electron chi connectivity index (χ4n) is 2.47. The van der Waals surface area contributed by atoms with Gasteiger partial charge in [0.1, 0.15) is 5.00 Å². The first-order valence-corrected chi connectivity index (χ1v) is 10.5. The van der Waals surface area contributed by atoms with Crippen LogP contribution in [0.3, 0.4) is 0 Å². The summed E-state index contributed by atoms with van der Waals surface area (Å²) in [5.74, 6) is 0.136. The van der Waals surface area contributed by atoms with E-state index in [2.05, 4.69) is 31.7 Å². The molecule has 0 saturated carbocycles. The second-order valence-corrected chi connectivity index (χ2v) is 8.71. The number of hydrogen-bond donors (Lipinski definition) is 2. The van der Waals surface area contributed by atoms with Gasteiger partial charge in [-0.15, -0.1) is 11.3 Å². The summed E-state index contributed by atoms with van der Waals surface area (Å²) in [6, 6.07) is 9.37. The molecule has 0 aliphatic heterocycles. The predicted octanol–water partition coefficient (Wildman–Crippen LogP) is 5.31. The molecular weight excluding hydrogens is 484 g/mol. The Morgan fingerprint density at radius 3 is 2.86 bits per heavy atom. The second-order valence-electron chi connectivity index (χ2n) is 5.79. The van der Waals surface area contributed by atoms with Gasteiger partial charge in [-0.3, -0.25) is 4.68 Å². The van der Waals surface area contributed by atoms with E-state index in [0.29, 0.717) is 33.1 Å². The first-order valence-electron chi connectivity index (χ1n) is 8.10. The molecule has 0 spiro atoms. The summed E-state index contributed by atoms with van der Waals surface area (Å²) >= 11 is 16.5. The largest absolute Gasteiger partial charge is 0.465 e. The molecule has 2 aromatic heterocycles. The summed E-state index contributed by atoms with van der Waals surface area (Å²) in [5.41, 5.74) is 1.40. The number of nitrogens with one attached hydrogen (secondary N) is 2. The maximum atomic E-state index is 11.9. The first-order chi connectivity index (χ1) is 13.4. The van der Waals surface area contributed by atoms with Crippen LogP contribution in [0.4, 0.5) is 10.8 Å². The van der Waals surface area contributed by atoms with Crippen molar-refractivity contribution in [3.05, 3.63) is 62.0 Å². The van der Waals surface area contributed by atoms with Crippen molar-refractivity contribution in [1.82, 2.24) is 9.78 Å². The highest BCUT2D eigenvalue weighted by molar-refractivity contribution is 9.10. The van der Waals surface area contributed by atoms with Gasteiger partial charge in [0.15, 0.2) is 10.9 Å². The number of thiophene rings is 1. The van der Waals surface area contributed by atoms with E-state index in [0.717, 1.165) is 14.9 Å². The van der Waals surface area contributed by atoms with Crippen LogP contribution in [0.2, 0.25) is 5.02 Å². The van der Waals surface area contributed by atoms with Gasteiger partial charge in [-0.1, -0.05) is 29.8 Å². The Hall–Kier alpha value is -1.94. The quantitative estimate of drug-likeness (QED) is 0.366. The van der Waals surface area contributed by atoms with E-state index in [1.54, 1.807) is 10.7 Å². The fourth-order valence-corrected chi connectivity index (χ4v) is 4.25. The lowest BCUT2D eigenvalue weighted by atomic mass is 10.2. The number of rotatable bonds is 5. The van der Waals surface area contributed by atoms with Crippen LogP contribution < -0.4 is 10.6 Å². The number of benzene rings is 1. The van der Waals surface area contributed by atoms with Crippen molar-refractivity contribution in [1.29, 1.82) is 0 Å². The molecule has 2 N–H and O–H groups in total. The Morgan fingerprint density at radius 2 is 2.14 bits per heavy atom. The number of anilines is 2. The van der Waals surface area contributed by atoms with Crippen molar-refractivity contribution in [3.8, 4) is 0 Å². The minimum Gasteiger partial charge on any atom is -0.465 e. The van der Waals surface area contributed by atoms with Gasteiger partial charge >= 0.3 is 5.97 Å². The molecule has 10 heteroatoms. The number of esters is 1. The normalized spacial score (nSPS) is 10.6. The van der Waals surface area contributed by atoms with Crippen LogP contribution in [0.15, 0.2) is 41.0 Å². The molecule has 0 atom stereocenters. The minimum atomic E-state index is -0.417. The van der Waals surface area contributed by atoms with Crippen LogP contribution in [-0.4, -0.2) is 28.0 Å². The molecule has 1 aromatic carbocycles. The third-order valence-corrected chi connectivity index (χ3v) is 5.85. The molecule has 0 radical (unpaired) electrons. The SMILES string of the molecule is COC(=O)c1cc(C)sc1NC(=S)Nc1nn(Cc2ccccc2Cl)cc1Br. The lowest BCUT2D eigenvalue weighted by molar-refractivity contribution is 0.0602. The number of carbonyl (C=O) groups is 1. The van der Waals surface area contributed by atoms with E-state index in [4.69, 9.17) is 28.6 Å². The van der Waals surface area contributed by atoms with E-state index in [1.807, 2.05) is 37.4 Å². The van der Waals surface area contributed by atoms with Crippen molar-refractivity contribution >= 4 is 73.0 Å². The molecule has 0 aliphatic rings. The van der Waals surface area contributed by atoms with Crippen molar-refractivity contribution in [3.63, 3.8) is 0 Å². The summed E-state index contributed by atoms with van der Waals surface area (Å²) in [4.78, 5) is 12.9. The molecule has 0 unspecified atom stereocenters. The topological polar surface area (TPSA) is 68.2 Å². The molecule has 0 amide bonds. The maximum Gasteiger partial charge on any atom is 0.340 e. The van der Waals surface area contributed by atoms with Crippen LogP contribution in [0, 0.1) is 6.92 Å². The Kier molecular flexibility index (Phi) is 6.71. The van der Waals surface area contributed by atoms with Gasteiger partial charge in [0.2, 0.25) is 0 Å². The van der Waals surface area contributed by atoms with Gasteiger partial charge in [-0.25, -0.2) is 4.79 Å². The molecule has 28 heavy (non-hydrogen) atoms. The highest BCUT2D eigenvalue weighted by Crippen LogP contribution is 2.29. The first kappa shape index (κ1) is 20.8. The lowest BCUT2D eigenvalue weighted by Crippen LogP contribution is -2.20. The predicted molar refractivity (Wildman–Crippen MR) is 121 cm³/mol. The maximum absolute atomic E-state index is 11.9. The van der Waals surface area contributed by atoms with Gasteiger partial charge in [0.25, 0.3) is 0 Å². The third-order valence-electron chi connectivity index (χ3n) is 3.73. The molecule has 6 nitrogen and oxygen atoms in total. The number of carbonyl (C=O) groups excluding carboxylic acids is 1. The molecule has 0 bridgehead atoms. The zero-order chi connectivity index (χ0) is 20.3. The monoisotopic (exact) mass is 498 g/mol. The fraction of sp³-hybridized carbons (Fsp3) is 0.167. The van der Waals surface area contributed by atoms with E-state index in [-0.39, 0.29) is 0 Å². The summed E-state index contributed by atoms with van der Waals surface area (Å²) < 4.78 is 7.31. The third kappa shape index (κ3) is 4.91. The molecule has 3 rings (SSSR count). The van der Waals surface area contributed by atoms with Crippen LogP contribution in [0.1, 0.15) is 20.8 Å². The summed E-state index contributed by atoms with van der Waals surface area (Å²) in [6.07, 6.45) is 1.84. The number of methoxy groups -OCH3 is 1. The number of nitrogens with zero attached hydrogens (tertiary/aromatic N) is 2. The Labute approximate surface area is 185 Å². The van der Waals surface area contributed by atoms with Crippen molar-refractivity contribution in [2.24, 2.45) is 0 Å². The van der Waals surface area contributed by atoms with Gasteiger partial charge < -0.3 is 15.4 Å². The van der Waals surface area contributed by atoms with E-state index in [9.17, 15) is 4.79 Å². The Balaban J connectivity index is 1.71. The van der Waals surface area contributed by atoms with E-state index < -0.39 is 5.97 Å². The molecular formula is C18H16BrClN4O2S2. The van der Waals surface area contributed by atoms with Crippen LogP contribution in [-0.2, 0) is 11.3 Å². The van der Waals surface area contributed by atoms with Crippen LogP contribution in [0.25, 0.3) is 0 Å². The molecule has 0 aliphatic carbocycles. The van der Waals surface area contributed by atoms with Crippen molar-refractivity contribution in [2.75, 3.05) is 17.7 Å². The van der Waals surface area contributed by atoms with Crippen LogP contribution in [0.5, 0.6) is 0 Å². The Bertz CT molecular complexity index is 1030. The van der Waals surface area contributed by atoms with E-state index in [1.165, 1.54) is 18.4 Å².